The zero-order valence-electron chi connectivity index (χ0n) is 14.1. The van der Waals surface area contributed by atoms with Crippen LogP contribution in [0.25, 0.3) is 0 Å². The van der Waals surface area contributed by atoms with Gasteiger partial charge < -0.3 is 15.5 Å². The summed E-state index contributed by atoms with van der Waals surface area (Å²) in [5.41, 5.74) is 1.33. The SMILES string of the molecule is O=C(Nc1cccnc1)C1CC12CCN(C(=O)Nc1ccc(Cl)cc1)C2. The molecule has 1 spiro atoms. The maximum Gasteiger partial charge on any atom is 0.321 e. The first-order valence-electron chi connectivity index (χ1n) is 8.58. The molecule has 2 aromatic rings. The number of rotatable bonds is 3. The van der Waals surface area contributed by atoms with E-state index in [4.69, 9.17) is 11.6 Å². The van der Waals surface area contributed by atoms with Gasteiger partial charge in [-0.05, 0) is 49.2 Å². The number of anilines is 2. The average molecular weight is 371 g/mol. The second kappa shape index (κ2) is 6.61. The summed E-state index contributed by atoms with van der Waals surface area (Å²) >= 11 is 5.86. The average Bonchev–Trinajstić information content (AvgIpc) is 3.18. The number of urea groups is 1. The molecule has 2 N–H and O–H groups in total. The van der Waals surface area contributed by atoms with Crippen molar-refractivity contribution in [1.29, 1.82) is 0 Å². The van der Waals surface area contributed by atoms with Crippen molar-refractivity contribution < 1.29 is 9.59 Å². The molecule has 1 saturated carbocycles. The first kappa shape index (κ1) is 16.8. The molecule has 1 aromatic carbocycles. The van der Waals surface area contributed by atoms with Gasteiger partial charge in [0.25, 0.3) is 0 Å². The van der Waals surface area contributed by atoms with Crippen LogP contribution in [-0.4, -0.2) is 34.9 Å². The summed E-state index contributed by atoms with van der Waals surface area (Å²) in [4.78, 5) is 30.7. The van der Waals surface area contributed by atoms with E-state index in [2.05, 4.69) is 15.6 Å². The Labute approximate surface area is 156 Å². The van der Waals surface area contributed by atoms with Crippen LogP contribution < -0.4 is 10.6 Å². The fraction of sp³-hybridized carbons (Fsp3) is 0.316. The molecule has 2 aliphatic rings. The van der Waals surface area contributed by atoms with Crippen molar-refractivity contribution in [3.05, 3.63) is 53.8 Å². The summed E-state index contributed by atoms with van der Waals surface area (Å²) in [6.07, 6.45) is 4.98. The van der Waals surface area contributed by atoms with Crippen molar-refractivity contribution in [2.75, 3.05) is 23.7 Å². The molecule has 2 fully saturated rings. The molecule has 3 amide bonds. The van der Waals surface area contributed by atoms with Crippen molar-refractivity contribution in [1.82, 2.24) is 9.88 Å². The Hall–Kier alpha value is -2.60. The Bertz CT molecular complexity index is 827. The molecule has 2 atom stereocenters. The van der Waals surface area contributed by atoms with E-state index >= 15 is 0 Å². The molecule has 2 unspecified atom stereocenters. The Kier molecular flexibility index (Phi) is 4.28. The highest BCUT2D eigenvalue weighted by molar-refractivity contribution is 6.30. The van der Waals surface area contributed by atoms with Crippen molar-refractivity contribution in [3.63, 3.8) is 0 Å². The monoisotopic (exact) mass is 370 g/mol. The molecule has 134 valence electrons. The van der Waals surface area contributed by atoms with Gasteiger partial charge in [0.15, 0.2) is 0 Å². The molecular formula is C19H19ClN4O2. The quantitative estimate of drug-likeness (QED) is 0.866. The highest BCUT2D eigenvalue weighted by atomic mass is 35.5. The number of likely N-dealkylation sites (tertiary alicyclic amines) is 1. The third-order valence-electron chi connectivity index (χ3n) is 5.20. The first-order chi connectivity index (χ1) is 12.6. The third kappa shape index (κ3) is 3.37. The Balaban J connectivity index is 1.33. The van der Waals surface area contributed by atoms with E-state index in [0.29, 0.717) is 29.5 Å². The maximum atomic E-state index is 12.5. The van der Waals surface area contributed by atoms with Crippen LogP contribution >= 0.6 is 11.6 Å². The van der Waals surface area contributed by atoms with Gasteiger partial charge >= 0.3 is 6.03 Å². The normalized spacial score (nSPS) is 23.7. The van der Waals surface area contributed by atoms with E-state index in [1.807, 2.05) is 6.07 Å². The van der Waals surface area contributed by atoms with Gasteiger partial charge in [-0.1, -0.05) is 11.6 Å². The van der Waals surface area contributed by atoms with E-state index in [9.17, 15) is 9.59 Å². The number of nitrogens with zero attached hydrogens (tertiary/aromatic N) is 2. The number of halogens is 1. The highest BCUT2D eigenvalue weighted by Crippen LogP contribution is 2.58. The number of hydrogen-bond donors (Lipinski definition) is 2. The molecule has 1 saturated heterocycles. The predicted molar refractivity (Wildman–Crippen MR) is 100 cm³/mol. The largest absolute Gasteiger partial charge is 0.324 e. The van der Waals surface area contributed by atoms with E-state index in [0.717, 1.165) is 12.8 Å². The number of nitrogens with one attached hydrogen (secondary N) is 2. The summed E-state index contributed by atoms with van der Waals surface area (Å²) in [6, 6.07) is 10.5. The topological polar surface area (TPSA) is 74.3 Å². The Morgan fingerprint density at radius 2 is 1.96 bits per heavy atom. The van der Waals surface area contributed by atoms with Crippen LogP contribution in [0, 0.1) is 11.3 Å². The van der Waals surface area contributed by atoms with Crippen molar-refractivity contribution in [2.45, 2.75) is 12.8 Å². The van der Waals surface area contributed by atoms with Crippen molar-refractivity contribution in [3.8, 4) is 0 Å². The van der Waals surface area contributed by atoms with E-state index in [1.165, 1.54) is 0 Å². The molecular weight excluding hydrogens is 352 g/mol. The minimum atomic E-state index is -0.137. The molecule has 4 rings (SSSR count). The van der Waals surface area contributed by atoms with Crippen LogP contribution in [0.3, 0.4) is 0 Å². The zero-order valence-corrected chi connectivity index (χ0v) is 14.9. The van der Waals surface area contributed by atoms with Gasteiger partial charge in [0, 0.05) is 41.3 Å². The minimum absolute atomic E-state index is 0.0120. The molecule has 7 heteroatoms. The smallest absolute Gasteiger partial charge is 0.321 e. The predicted octanol–water partition coefficient (Wildman–Crippen LogP) is 3.62. The fourth-order valence-electron chi connectivity index (χ4n) is 3.64. The lowest BCUT2D eigenvalue weighted by atomic mass is 10.0. The number of pyridine rings is 1. The van der Waals surface area contributed by atoms with Crippen molar-refractivity contribution >= 4 is 34.9 Å². The molecule has 0 radical (unpaired) electrons. The van der Waals surface area contributed by atoms with Crippen LogP contribution in [0.2, 0.25) is 5.02 Å². The van der Waals surface area contributed by atoms with Crippen LogP contribution in [0.15, 0.2) is 48.8 Å². The summed E-state index contributed by atoms with van der Waals surface area (Å²) < 4.78 is 0. The van der Waals surface area contributed by atoms with Gasteiger partial charge in [0.1, 0.15) is 0 Å². The number of carbonyl (C=O) groups excluding carboxylic acids is 2. The summed E-state index contributed by atoms with van der Waals surface area (Å²) in [7, 11) is 0. The second-order valence-corrected chi connectivity index (χ2v) is 7.40. The Morgan fingerprint density at radius 3 is 2.69 bits per heavy atom. The number of benzene rings is 1. The van der Waals surface area contributed by atoms with E-state index < -0.39 is 0 Å². The summed E-state index contributed by atoms with van der Waals surface area (Å²) in [5.74, 6) is -0.0333. The number of hydrogen-bond acceptors (Lipinski definition) is 3. The van der Waals surface area contributed by atoms with Gasteiger partial charge in [0.2, 0.25) is 5.91 Å². The fourth-order valence-corrected chi connectivity index (χ4v) is 3.77. The van der Waals surface area contributed by atoms with Crippen LogP contribution in [0.5, 0.6) is 0 Å². The molecule has 26 heavy (non-hydrogen) atoms. The minimum Gasteiger partial charge on any atom is -0.324 e. The first-order valence-corrected chi connectivity index (χ1v) is 8.96. The van der Waals surface area contributed by atoms with Crippen LogP contribution in [0.1, 0.15) is 12.8 Å². The van der Waals surface area contributed by atoms with E-state index in [1.54, 1.807) is 47.6 Å². The third-order valence-corrected chi connectivity index (χ3v) is 5.46. The summed E-state index contributed by atoms with van der Waals surface area (Å²) in [6.45, 7) is 1.27. The Morgan fingerprint density at radius 1 is 1.15 bits per heavy atom. The number of aromatic nitrogens is 1. The zero-order chi connectivity index (χ0) is 18.1. The standard InChI is InChI=1S/C19H19ClN4O2/c20-13-3-5-14(6-4-13)23-18(26)24-9-7-19(12-24)10-16(19)17(25)22-15-2-1-8-21-11-15/h1-6,8,11,16H,7,9-10,12H2,(H,22,25)(H,23,26). The molecule has 6 nitrogen and oxygen atoms in total. The van der Waals surface area contributed by atoms with Crippen LogP contribution in [0.4, 0.5) is 16.2 Å². The lowest BCUT2D eigenvalue weighted by molar-refractivity contribution is -0.118. The molecule has 1 aromatic heterocycles. The lowest BCUT2D eigenvalue weighted by Gasteiger charge is -2.17. The van der Waals surface area contributed by atoms with Gasteiger partial charge in [-0.3, -0.25) is 9.78 Å². The van der Waals surface area contributed by atoms with Gasteiger partial charge in [0.05, 0.1) is 11.9 Å². The maximum absolute atomic E-state index is 12.5. The molecule has 1 aliphatic heterocycles. The van der Waals surface area contributed by atoms with E-state index in [-0.39, 0.29) is 23.3 Å². The number of amides is 3. The van der Waals surface area contributed by atoms with Crippen LogP contribution in [-0.2, 0) is 4.79 Å². The second-order valence-electron chi connectivity index (χ2n) is 6.96. The molecule has 0 bridgehead atoms. The highest BCUT2D eigenvalue weighted by Gasteiger charge is 2.61. The number of carbonyl (C=O) groups is 2. The molecule has 2 heterocycles. The van der Waals surface area contributed by atoms with Crippen molar-refractivity contribution in [2.24, 2.45) is 11.3 Å². The lowest BCUT2D eigenvalue weighted by Crippen LogP contribution is -2.33. The van der Waals surface area contributed by atoms with Gasteiger partial charge in [-0.25, -0.2) is 4.79 Å². The van der Waals surface area contributed by atoms with Gasteiger partial charge in [-0.2, -0.15) is 0 Å². The van der Waals surface area contributed by atoms with Gasteiger partial charge in [-0.15, -0.1) is 0 Å². The summed E-state index contributed by atoms with van der Waals surface area (Å²) in [5, 5.41) is 6.42. The molecule has 1 aliphatic carbocycles.